The molecule has 0 saturated carbocycles. The molecule has 0 aliphatic carbocycles. The van der Waals surface area contributed by atoms with Crippen LogP contribution in [0.15, 0.2) is 40.7 Å². The van der Waals surface area contributed by atoms with Gasteiger partial charge in [-0.1, -0.05) is 17.8 Å². The van der Waals surface area contributed by atoms with Gasteiger partial charge in [0.2, 0.25) is 11.8 Å². The summed E-state index contributed by atoms with van der Waals surface area (Å²) in [7, 11) is 0. The van der Waals surface area contributed by atoms with Crippen LogP contribution in [-0.4, -0.2) is 28.7 Å². The van der Waals surface area contributed by atoms with Crippen molar-refractivity contribution >= 4 is 50.8 Å². The van der Waals surface area contributed by atoms with Crippen molar-refractivity contribution in [3.05, 3.63) is 47.5 Å². The highest BCUT2D eigenvalue weighted by Crippen LogP contribution is 2.38. The molecule has 1 aliphatic heterocycles. The van der Waals surface area contributed by atoms with Gasteiger partial charge in [0.05, 0.1) is 22.5 Å². The van der Waals surface area contributed by atoms with Crippen molar-refractivity contribution in [3.8, 4) is 5.75 Å². The maximum Gasteiger partial charge on any atom is 0.247 e. The number of aryl methyl sites for hydroxylation is 2. The number of imide groups is 1. The van der Waals surface area contributed by atoms with E-state index in [-0.39, 0.29) is 18.2 Å². The number of hydrogen-bond acceptors (Lipinski definition) is 6. The molecule has 1 aromatic heterocycles. The molecule has 4 rings (SSSR count). The number of carbonyl (C=O) groups is 2. The fraction of sp³-hybridized carbons (Fsp3) is 0.286. The van der Waals surface area contributed by atoms with Crippen molar-refractivity contribution in [3.63, 3.8) is 0 Å². The van der Waals surface area contributed by atoms with E-state index in [9.17, 15) is 9.59 Å². The lowest BCUT2D eigenvalue weighted by atomic mass is 10.1. The molecule has 7 heteroatoms. The predicted molar refractivity (Wildman–Crippen MR) is 113 cm³/mol. The fourth-order valence-corrected chi connectivity index (χ4v) is 5.51. The van der Waals surface area contributed by atoms with Gasteiger partial charge < -0.3 is 4.74 Å². The molecule has 0 spiro atoms. The summed E-state index contributed by atoms with van der Waals surface area (Å²) in [5.74, 6) is 0.473. The summed E-state index contributed by atoms with van der Waals surface area (Å²) >= 11 is 2.89. The van der Waals surface area contributed by atoms with E-state index < -0.39 is 5.25 Å². The second-order valence-corrected chi connectivity index (χ2v) is 9.17. The third-order valence-electron chi connectivity index (χ3n) is 4.75. The van der Waals surface area contributed by atoms with Gasteiger partial charge in [0, 0.05) is 6.42 Å². The van der Waals surface area contributed by atoms with E-state index in [1.165, 1.54) is 28.0 Å². The minimum Gasteiger partial charge on any atom is -0.494 e. The quantitative estimate of drug-likeness (QED) is 0.567. The average molecular weight is 413 g/mol. The van der Waals surface area contributed by atoms with Crippen molar-refractivity contribution < 1.29 is 14.3 Å². The third kappa shape index (κ3) is 3.52. The monoisotopic (exact) mass is 412 g/mol. The van der Waals surface area contributed by atoms with Crippen LogP contribution in [0.1, 0.15) is 24.5 Å². The highest BCUT2D eigenvalue weighted by Gasteiger charge is 2.40. The predicted octanol–water partition coefficient (Wildman–Crippen LogP) is 4.74. The van der Waals surface area contributed by atoms with E-state index in [2.05, 4.69) is 4.98 Å². The Morgan fingerprint density at radius 1 is 1.18 bits per heavy atom. The standard InChI is InChI=1S/C21H20N2O3S2/c1-4-26-15-7-8-16-17(10-15)27-21(22-16)28-18-11-19(24)23(20(18)25)14-6-5-12(2)13(3)9-14/h5-10,18H,4,11H2,1-3H3. The van der Waals surface area contributed by atoms with Crippen LogP contribution in [0, 0.1) is 13.8 Å². The Hall–Kier alpha value is -2.38. The molecule has 1 unspecified atom stereocenters. The first-order chi connectivity index (χ1) is 13.5. The molecule has 3 aromatic rings. The lowest BCUT2D eigenvalue weighted by molar-refractivity contribution is -0.121. The number of rotatable bonds is 5. The van der Waals surface area contributed by atoms with Crippen molar-refractivity contribution in [1.82, 2.24) is 4.98 Å². The molecule has 2 heterocycles. The Morgan fingerprint density at radius 3 is 2.75 bits per heavy atom. The number of fused-ring (bicyclic) bond motifs is 1. The van der Waals surface area contributed by atoms with Crippen molar-refractivity contribution in [2.75, 3.05) is 11.5 Å². The molecule has 1 saturated heterocycles. The van der Waals surface area contributed by atoms with Gasteiger partial charge in [0.25, 0.3) is 0 Å². The van der Waals surface area contributed by atoms with Crippen LogP contribution in [0.4, 0.5) is 5.69 Å². The van der Waals surface area contributed by atoms with Crippen molar-refractivity contribution in [1.29, 1.82) is 0 Å². The number of amides is 2. The largest absolute Gasteiger partial charge is 0.494 e. The van der Waals surface area contributed by atoms with Gasteiger partial charge in [-0.2, -0.15) is 0 Å². The smallest absolute Gasteiger partial charge is 0.247 e. The Bertz CT molecular complexity index is 1080. The first-order valence-electron chi connectivity index (χ1n) is 9.10. The molecule has 28 heavy (non-hydrogen) atoms. The zero-order valence-electron chi connectivity index (χ0n) is 15.9. The van der Waals surface area contributed by atoms with Gasteiger partial charge in [0.1, 0.15) is 11.0 Å². The number of anilines is 1. The zero-order chi connectivity index (χ0) is 19.8. The van der Waals surface area contributed by atoms with Gasteiger partial charge in [-0.25, -0.2) is 9.88 Å². The van der Waals surface area contributed by atoms with Gasteiger partial charge >= 0.3 is 0 Å². The fourth-order valence-electron chi connectivity index (χ4n) is 3.14. The number of benzene rings is 2. The molecule has 0 bridgehead atoms. The van der Waals surface area contributed by atoms with Crippen LogP contribution < -0.4 is 9.64 Å². The zero-order valence-corrected chi connectivity index (χ0v) is 17.5. The normalized spacial score (nSPS) is 17.0. The van der Waals surface area contributed by atoms with Crippen LogP contribution in [0.2, 0.25) is 0 Å². The lowest BCUT2D eigenvalue weighted by Gasteiger charge is -2.16. The number of thioether (sulfide) groups is 1. The van der Waals surface area contributed by atoms with E-state index in [1.54, 1.807) is 0 Å². The molecular weight excluding hydrogens is 392 g/mol. The molecule has 0 radical (unpaired) electrons. The summed E-state index contributed by atoms with van der Waals surface area (Å²) in [6, 6.07) is 11.4. The van der Waals surface area contributed by atoms with Gasteiger partial charge in [-0.15, -0.1) is 11.3 Å². The van der Waals surface area contributed by atoms with Crippen LogP contribution in [0.5, 0.6) is 5.75 Å². The van der Waals surface area contributed by atoms with Crippen molar-refractivity contribution in [2.45, 2.75) is 36.8 Å². The highest BCUT2D eigenvalue weighted by atomic mass is 32.2. The lowest BCUT2D eigenvalue weighted by Crippen LogP contribution is -2.31. The summed E-state index contributed by atoms with van der Waals surface area (Å²) in [5, 5.41) is -0.443. The summed E-state index contributed by atoms with van der Waals surface area (Å²) in [6.07, 6.45) is 0.191. The molecule has 1 fully saturated rings. The van der Waals surface area contributed by atoms with Crippen LogP contribution in [-0.2, 0) is 9.59 Å². The van der Waals surface area contributed by atoms with E-state index in [1.807, 2.05) is 57.2 Å². The first-order valence-corrected chi connectivity index (χ1v) is 10.8. The average Bonchev–Trinajstić information content (AvgIpc) is 3.18. The Kier molecular flexibility index (Phi) is 5.12. The number of hydrogen-bond donors (Lipinski definition) is 0. The number of thiazole rings is 1. The Balaban J connectivity index is 1.55. The highest BCUT2D eigenvalue weighted by molar-refractivity contribution is 8.02. The molecule has 2 amide bonds. The van der Waals surface area contributed by atoms with E-state index >= 15 is 0 Å². The van der Waals surface area contributed by atoms with Gasteiger partial charge in [-0.05, 0) is 62.2 Å². The van der Waals surface area contributed by atoms with E-state index in [0.29, 0.717) is 12.3 Å². The van der Waals surface area contributed by atoms with Gasteiger partial charge in [0.15, 0.2) is 4.34 Å². The summed E-state index contributed by atoms with van der Waals surface area (Å²) in [6.45, 7) is 6.55. The maximum absolute atomic E-state index is 12.9. The number of ether oxygens (including phenoxy) is 1. The number of carbonyl (C=O) groups excluding carboxylic acids is 2. The van der Waals surface area contributed by atoms with Crippen LogP contribution in [0.3, 0.4) is 0 Å². The third-order valence-corrected chi connectivity index (χ3v) is 7.05. The Morgan fingerprint density at radius 2 is 2.00 bits per heavy atom. The van der Waals surface area contributed by atoms with Crippen LogP contribution in [0.25, 0.3) is 10.2 Å². The molecule has 1 atom stereocenters. The van der Waals surface area contributed by atoms with E-state index in [0.717, 1.165) is 31.4 Å². The summed E-state index contributed by atoms with van der Waals surface area (Å²) in [4.78, 5) is 31.4. The SMILES string of the molecule is CCOc1ccc2nc(SC3CC(=O)N(c4ccc(C)c(C)c4)C3=O)sc2c1. The molecule has 0 N–H and O–H groups in total. The summed E-state index contributed by atoms with van der Waals surface area (Å²) < 4.78 is 7.33. The molecule has 1 aliphatic rings. The number of aromatic nitrogens is 1. The topological polar surface area (TPSA) is 59.5 Å². The molecule has 144 valence electrons. The molecule has 5 nitrogen and oxygen atoms in total. The van der Waals surface area contributed by atoms with Crippen molar-refractivity contribution in [2.24, 2.45) is 0 Å². The first kappa shape index (κ1) is 19.0. The van der Waals surface area contributed by atoms with Gasteiger partial charge in [-0.3, -0.25) is 9.59 Å². The Labute approximate surface area is 171 Å². The second-order valence-electron chi connectivity index (χ2n) is 6.69. The maximum atomic E-state index is 12.9. The molecular formula is C21H20N2O3S2. The van der Waals surface area contributed by atoms with Crippen LogP contribution >= 0.6 is 23.1 Å². The molecule has 2 aromatic carbocycles. The summed E-state index contributed by atoms with van der Waals surface area (Å²) in [5.41, 5.74) is 3.71. The second kappa shape index (κ2) is 7.56. The minimum atomic E-state index is -0.443. The number of nitrogens with zero attached hydrogens (tertiary/aromatic N) is 2. The van der Waals surface area contributed by atoms with E-state index in [4.69, 9.17) is 4.74 Å². The minimum absolute atomic E-state index is 0.162.